The average molecular weight is 384 g/mol. The molecule has 3 heterocycles. The topological polar surface area (TPSA) is 52.7 Å². The third-order valence-electron chi connectivity index (χ3n) is 3.90. The molecule has 0 atom stereocenters. The predicted octanol–water partition coefficient (Wildman–Crippen LogP) is 2.65. The van der Waals surface area contributed by atoms with Crippen LogP contribution in [-0.2, 0) is 0 Å². The Balaban J connectivity index is 1.39. The van der Waals surface area contributed by atoms with Gasteiger partial charge in [-0.05, 0) is 23.6 Å². The van der Waals surface area contributed by atoms with Crippen molar-refractivity contribution in [1.82, 2.24) is 15.1 Å². The van der Waals surface area contributed by atoms with Crippen LogP contribution in [0.5, 0.6) is 0 Å². The minimum atomic E-state index is -0.0200. The highest BCUT2D eigenvalue weighted by atomic mass is 35.5. The first kappa shape index (κ1) is 17.4. The minimum Gasteiger partial charge on any atom is -0.350 e. The molecule has 0 bridgehead atoms. The smallest absolute Gasteiger partial charge is 0.264 e. The molecule has 1 aliphatic rings. The lowest BCUT2D eigenvalue weighted by atomic mass is 10.3. The molecule has 0 aromatic carbocycles. The van der Waals surface area contributed by atoms with Gasteiger partial charge in [-0.3, -0.25) is 14.5 Å². The monoisotopic (exact) mass is 383 g/mol. The maximum Gasteiger partial charge on any atom is 0.264 e. The maximum atomic E-state index is 12.4. The SMILES string of the molecule is O=C(NCCN1CCN(C(=O)c2ccc(Cl)s2)CC1)c1cccs1. The molecular formula is C16H18ClN3O2S2. The second-order valence-electron chi connectivity index (χ2n) is 5.47. The number of rotatable bonds is 5. The van der Waals surface area contributed by atoms with E-state index in [-0.39, 0.29) is 11.8 Å². The van der Waals surface area contributed by atoms with Gasteiger partial charge in [0.1, 0.15) is 0 Å². The number of carbonyl (C=O) groups is 2. The molecule has 1 aliphatic heterocycles. The summed E-state index contributed by atoms with van der Waals surface area (Å²) < 4.78 is 0.637. The molecule has 5 nitrogen and oxygen atoms in total. The van der Waals surface area contributed by atoms with Crippen molar-refractivity contribution in [2.45, 2.75) is 0 Å². The van der Waals surface area contributed by atoms with Crippen molar-refractivity contribution in [3.63, 3.8) is 0 Å². The highest BCUT2D eigenvalue weighted by molar-refractivity contribution is 7.18. The first-order chi connectivity index (χ1) is 11.6. The number of piperazine rings is 1. The molecule has 2 amide bonds. The van der Waals surface area contributed by atoms with E-state index in [1.165, 1.54) is 22.7 Å². The fraction of sp³-hybridized carbons (Fsp3) is 0.375. The van der Waals surface area contributed by atoms with E-state index in [2.05, 4.69) is 10.2 Å². The van der Waals surface area contributed by atoms with Gasteiger partial charge in [-0.15, -0.1) is 22.7 Å². The first-order valence-corrected chi connectivity index (χ1v) is 9.79. The van der Waals surface area contributed by atoms with E-state index in [1.807, 2.05) is 22.4 Å². The Morgan fingerprint density at radius 3 is 2.54 bits per heavy atom. The van der Waals surface area contributed by atoms with Crippen LogP contribution in [0.1, 0.15) is 19.3 Å². The van der Waals surface area contributed by atoms with Crippen LogP contribution in [0.4, 0.5) is 0 Å². The molecule has 8 heteroatoms. The third-order valence-corrected chi connectivity index (χ3v) is 5.99. The Labute approximate surface area is 153 Å². The summed E-state index contributed by atoms with van der Waals surface area (Å²) in [5.41, 5.74) is 0. The van der Waals surface area contributed by atoms with Crippen molar-refractivity contribution in [3.05, 3.63) is 43.7 Å². The van der Waals surface area contributed by atoms with Gasteiger partial charge in [0.2, 0.25) is 0 Å². The molecule has 128 valence electrons. The summed E-state index contributed by atoms with van der Waals surface area (Å²) in [5, 5.41) is 4.83. The zero-order chi connectivity index (χ0) is 16.9. The number of hydrogen-bond donors (Lipinski definition) is 1. The number of thiophene rings is 2. The highest BCUT2D eigenvalue weighted by Gasteiger charge is 2.23. The number of amides is 2. The predicted molar refractivity (Wildman–Crippen MR) is 98.3 cm³/mol. The normalized spacial score (nSPS) is 15.5. The standard InChI is InChI=1S/C16H18ClN3O2S2/c17-14-4-3-13(24-14)16(22)20-9-7-19(8-10-20)6-5-18-15(21)12-2-1-11-23-12/h1-4,11H,5-10H2,(H,18,21). The van der Waals surface area contributed by atoms with Gasteiger partial charge in [-0.2, -0.15) is 0 Å². The summed E-state index contributed by atoms with van der Waals surface area (Å²) >= 11 is 8.65. The molecule has 2 aromatic rings. The molecule has 1 fully saturated rings. The Morgan fingerprint density at radius 2 is 1.92 bits per heavy atom. The number of hydrogen-bond acceptors (Lipinski definition) is 5. The zero-order valence-electron chi connectivity index (χ0n) is 13.0. The molecular weight excluding hydrogens is 366 g/mol. The van der Waals surface area contributed by atoms with Gasteiger partial charge in [0, 0.05) is 39.3 Å². The van der Waals surface area contributed by atoms with Crippen LogP contribution in [0.3, 0.4) is 0 Å². The van der Waals surface area contributed by atoms with E-state index in [4.69, 9.17) is 11.6 Å². The minimum absolute atomic E-state index is 0.0200. The van der Waals surface area contributed by atoms with E-state index in [0.717, 1.165) is 24.5 Å². The molecule has 3 rings (SSSR count). The van der Waals surface area contributed by atoms with Crippen molar-refractivity contribution in [1.29, 1.82) is 0 Å². The van der Waals surface area contributed by atoms with Crippen molar-refractivity contribution >= 4 is 46.1 Å². The zero-order valence-corrected chi connectivity index (χ0v) is 15.4. The van der Waals surface area contributed by atoms with E-state index in [0.29, 0.717) is 28.8 Å². The van der Waals surface area contributed by atoms with Gasteiger partial charge >= 0.3 is 0 Å². The molecule has 1 N–H and O–H groups in total. The van der Waals surface area contributed by atoms with Gasteiger partial charge in [0.05, 0.1) is 14.1 Å². The van der Waals surface area contributed by atoms with Crippen LogP contribution in [0, 0.1) is 0 Å². The third kappa shape index (κ3) is 4.36. The Morgan fingerprint density at radius 1 is 1.12 bits per heavy atom. The van der Waals surface area contributed by atoms with Crippen LogP contribution < -0.4 is 5.32 Å². The van der Waals surface area contributed by atoms with Gasteiger partial charge < -0.3 is 10.2 Å². The summed E-state index contributed by atoms with van der Waals surface area (Å²) in [7, 11) is 0. The maximum absolute atomic E-state index is 12.4. The fourth-order valence-corrected chi connectivity index (χ4v) is 4.23. The molecule has 2 aromatic heterocycles. The van der Waals surface area contributed by atoms with Crippen molar-refractivity contribution in [2.75, 3.05) is 39.3 Å². The summed E-state index contributed by atoms with van der Waals surface area (Å²) in [5.74, 6) is 0.0333. The molecule has 0 spiro atoms. The van der Waals surface area contributed by atoms with Gasteiger partial charge in [0.15, 0.2) is 0 Å². The Bertz CT molecular complexity index is 694. The fourth-order valence-electron chi connectivity index (χ4n) is 2.58. The van der Waals surface area contributed by atoms with Crippen molar-refractivity contribution in [2.24, 2.45) is 0 Å². The average Bonchev–Trinajstić information content (AvgIpc) is 3.26. The molecule has 1 saturated heterocycles. The number of halogens is 1. The lowest BCUT2D eigenvalue weighted by molar-refractivity contribution is 0.0643. The van der Waals surface area contributed by atoms with Crippen LogP contribution in [0.15, 0.2) is 29.6 Å². The van der Waals surface area contributed by atoms with E-state index in [9.17, 15) is 9.59 Å². The van der Waals surface area contributed by atoms with E-state index in [1.54, 1.807) is 12.1 Å². The summed E-state index contributed by atoms with van der Waals surface area (Å²) in [4.78, 5) is 29.8. The highest BCUT2D eigenvalue weighted by Crippen LogP contribution is 2.23. The number of carbonyl (C=O) groups excluding carboxylic acids is 2. The van der Waals surface area contributed by atoms with E-state index < -0.39 is 0 Å². The van der Waals surface area contributed by atoms with Gasteiger partial charge in [-0.25, -0.2) is 0 Å². The van der Waals surface area contributed by atoms with Crippen molar-refractivity contribution < 1.29 is 9.59 Å². The molecule has 0 saturated carbocycles. The largest absolute Gasteiger partial charge is 0.350 e. The second kappa shape index (κ2) is 8.11. The van der Waals surface area contributed by atoms with Crippen LogP contribution in [0.25, 0.3) is 0 Å². The second-order valence-corrected chi connectivity index (χ2v) is 8.13. The number of nitrogens with zero attached hydrogens (tertiary/aromatic N) is 2. The van der Waals surface area contributed by atoms with E-state index >= 15 is 0 Å². The molecule has 24 heavy (non-hydrogen) atoms. The van der Waals surface area contributed by atoms with Crippen molar-refractivity contribution in [3.8, 4) is 0 Å². The number of nitrogens with one attached hydrogen (secondary N) is 1. The van der Waals surface area contributed by atoms with Gasteiger partial charge in [0.25, 0.3) is 11.8 Å². The lowest BCUT2D eigenvalue weighted by Crippen LogP contribution is -2.50. The quantitative estimate of drug-likeness (QED) is 0.863. The Kier molecular flexibility index (Phi) is 5.89. The summed E-state index contributed by atoms with van der Waals surface area (Å²) in [6.07, 6.45) is 0. The molecule has 0 aliphatic carbocycles. The Hall–Kier alpha value is -1.41. The van der Waals surface area contributed by atoms with Crippen LogP contribution >= 0.6 is 34.3 Å². The van der Waals surface area contributed by atoms with Gasteiger partial charge in [-0.1, -0.05) is 17.7 Å². The van der Waals surface area contributed by atoms with Crippen LogP contribution in [-0.4, -0.2) is 60.9 Å². The summed E-state index contributed by atoms with van der Waals surface area (Å²) in [6, 6.07) is 7.23. The molecule has 0 unspecified atom stereocenters. The first-order valence-electron chi connectivity index (χ1n) is 7.72. The molecule has 0 radical (unpaired) electrons. The lowest BCUT2D eigenvalue weighted by Gasteiger charge is -2.34. The summed E-state index contributed by atoms with van der Waals surface area (Å²) in [6.45, 7) is 4.45. The van der Waals surface area contributed by atoms with Crippen LogP contribution in [0.2, 0.25) is 4.34 Å².